The summed E-state index contributed by atoms with van der Waals surface area (Å²) in [5, 5.41) is 4.27. The third kappa shape index (κ3) is 3.13. The maximum atomic E-state index is 12.2. The average Bonchev–Trinajstić information content (AvgIpc) is 3.04. The van der Waals surface area contributed by atoms with E-state index in [1.807, 2.05) is 30.3 Å². The van der Waals surface area contributed by atoms with Crippen LogP contribution in [-0.2, 0) is 6.54 Å². The van der Waals surface area contributed by atoms with Gasteiger partial charge in [0.05, 0.1) is 18.4 Å². The first-order chi connectivity index (χ1) is 10.2. The topological polar surface area (TPSA) is 64.2 Å². The first-order valence-corrected chi connectivity index (χ1v) is 7.37. The molecular weight excluding hydrogens is 264 g/mol. The second kappa shape index (κ2) is 6.10. The Labute approximate surface area is 124 Å². The van der Waals surface area contributed by atoms with Crippen molar-refractivity contribution in [3.05, 3.63) is 58.5 Å². The third-order valence-corrected chi connectivity index (χ3v) is 3.92. The first kappa shape index (κ1) is 13.8. The molecule has 1 saturated heterocycles. The van der Waals surface area contributed by atoms with Crippen LogP contribution in [0, 0.1) is 0 Å². The molecule has 5 heteroatoms. The molecule has 1 aliphatic rings. The van der Waals surface area contributed by atoms with Crippen LogP contribution < -0.4 is 16.2 Å². The van der Waals surface area contributed by atoms with Gasteiger partial charge >= 0.3 is 0 Å². The van der Waals surface area contributed by atoms with E-state index in [-0.39, 0.29) is 11.6 Å². The summed E-state index contributed by atoms with van der Waals surface area (Å²) in [5.74, 6) is 0. The van der Waals surface area contributed by atoms with Crippen LogP contribution in [-0.4, -0.2) is 22.9 Å². The van der Waals surface area contributed by atoms with Crippen LogP contribution in [0.15, 0.2) is 47.4 Å². The van der Waals surface area contributed by atoms with Crippen molar-refractivity contribution in [3.63, 3.8) is 0 Å². The van der Waals surface area contributed by atoms with Crippen molar-refractivity contribution in [1.82, 2.24) is 9.78 Å². The molecule has 1 aromatic carbocycles. The van der Waals surface area contributed by atoms with Crippen molar-refractivity contribution in [2.24, 2.45) is 5.73 Å². The molecule has 1 fully saturated rings. The van der Waals surface area contributed by atoms with Crippen LogP contribution in [0.1, 0.15) is 24.4 Å². The van der Waals surface area contributed by atoms with Gasteiger partial charge in [-0.05, 0) is 18.4 Å². The standard InChI is InChI=1S/C16H20N4O/c17-15(13-6-2-1-3-7-13)12-20-16(21)10-14(11-18-20)19-8-4-5-9-19/h1-3,6-7,10-11,15H,4-5,8-9,12,17H2. The second-order valence-corrected chi connectivity index (χ2v) is 5.45. The van der Waals surface area contributed by atoms with Gasteiger partial charge in [0, 0.05) is 25.2 Å². The van der Waals surface area contributed by atoms with Crippen LogP contribution in [0.25, 0.3) is 0 Å². The van der Waals surface area contributed by atoms with Gasteiger partial charge in [0.1, 0.15) is 0 Å². The van der Waals surface area contributed by atoms with Crippen molar-refractivity contribution >= 4 is 5.69 Å². The number of benzene rings is 1. The van der Waals surface area contributed by atoms with Crippen LogP contribution in [0.3, 0.4) is 0 Å². The number of aromatic nitrogens is 2. The molecule has 1 unspecified atom stereocenters. The fraction of sp³-hybridized carbons (Fsp3) is 0.375. The molecule has 1 aromatic heterocycles. The Balaban J connectivity index is 1.75. The minimum absolute atomic E-state index is 0.0919. The number of hydrogen-bond donors (Lipinski definition) is 1. The van der Waals surface area contributed by atoms with Gasteiger partial charge < -0.3 is 10.6 Å². The maximum Gasteiger partial charge on any atom is 0.268 e. The summed E-state index contributed by atoms with van der Waals surface area (Å²) in [6.07, 6.45) is 4.13. The number of hydrogen-bond acceptors (Lipinski definition) is 4. The Kier molecular flexibility index (Phi) is 4.01. The van der Waals surface area contributed by atoms with E-state index in [0.29, 0.717) is 6.54 Å². The van der Waals surface area contributed by atoms with E-state index < -0.39 is 0 Å². The van der Waals surface area contributed by atoms with E-state index >= 15 is 0 Å². The van der Waals surface area contributed by atoms with Gasteiger partial charge in [0.25, 0.3) is 5.56 Å². The quantitative estimate of drug-likeness (QED) is 0.925. The molecule has 0 aliphatic carbocycles. The van der Waals surface area contributed by atoms with Crippen LogP contribution in [0.5, 0.6) is 0 Å². The summed E-state index contributed by atoms with van der Waals surface area (Å²) in [5.41, 5.74) is 7.98. The third-order valence-electron chi connectivity index (χ3n) is 3.92. The first-order valence-electron chi connectivity index (χ1n) is 7.37. The molecule has 2 N–H and O–H groups in total. The zero-order chi connectivity index (χ0) is 14.7. The van der Waals surface area contributed by atoms with Crippen LogP contribution in [0.2, 0.25) is 0 Å². The number of anilines is 1. The molecule has 2 heterocycles. The Hall–Kier alpha value is -2.14. The van der Waals surface area contributed by atoms with E-state index in [0.717, 1.165) is 24.3 Å². The molecule has 0 spiro atoms. The molecule has 1 atom stereocenters. The molecule has 3 rings (SSSR count). The van der Waals surface area contributed by atoms with Gasteiger partial charge in [-0.3, -0.25) is 4.79 Å². The summed E-state index contributed by atoms with van der Waals surface area (Å²) in [4.78, 5) is 14.4. The Morgan fingerprint density at radius 3 is 2.57 bits per heavy atom. The summed E-state index contributed by atoms with van der Waals surface area (Å²) in [7, 11) is 0. The summed E-state index contributed by atoms with van der Waals surface area (Å²) < 4.78 is 1.44. The number of rotatable bonds is 4. The van der Waals surface area contributed by atoms with Gasteiger partial charge in [0.2, 0.25) is 0 Å². The van der Waals surface area contributed by atoms with Crippen molar-refractivity contribution in [3.8, 4) is 0 Å². The molecule has 2 aromatic rings. The molecule has 110 valence electrons. The Morgan fingerprint density at radius 2 is 1.90 bits per heavy atom. The van der Waals surface area contributed by atoms with Gasteiger partial charge in [-0.1, -0.05) is 30.3 Å². The lowest BCUT2D eigenvalue weighted by atomic mass is 10.1. The Morgan fingerprint density at radius 1 is 1.19 bits per heavy atom. The smallest absolute Gasteiger partial charge is 0.268 e. The molecule has 1 aliphatic heterocycles. The molecule has 0 saturated carbocycles. The predicted octanol–water partition coefficient (Wildman–Crippen LogP) is 1.54. The van der Waals surface area contributed by atoms with Gasteiger partial charge in [0.15, 0.2) is 0 Å². The fourth-order valence-corrected chi connectivity index (χ4v) is 2.70. The second-order valence-electron chi connectivity index (χ2n) is 5.45. The highest BCUT2D eigenvalue weighted by atomic mass is 16.1. The zero-order valence-electron chi connectivity index (χ0n) is 12.0. The maximum absolute atomic E-state index is 12.2. The van der Waals surface area contributed by atoms with Gasteiger partial charge in [-0.15, -0.1) is 0 Å². The highest BCUT2D eigenvalue weighted by Gasteiger charge is 2.14. The molecule has 5 nitrogen and oxygen atoms in total. The minimum atomic E-state index is -0.228. The average molecular weight is 284 g/mol. The van der Waals surface area contributed by atoms with E-state index in [1.165, 1.54) is 17.5 Å². The lowest BCUT2D eigenvalue weighted by molar-refractivity contribution is 0.503. The Bertz CT molecular complexity index is 647. The summed E-state index contributed by atoms with van der Waals surface area (Å²) in [6.45, 7) is 2.41. The van der Waals surface area contributed by atoms with Gasteiger partial charge in [-0.2, -0.15) is 5.10 Å². The predicted molar refractivity (Wildman–Crippen MR) is 83.3 cm³/mol. The fourth-order valence-electron chi connectivity index (χ4n) is 2.70. The van der Waals surface area contributed by atoms with Crippen LogP contribution >= 0.6 is 0 Å². The number of nitrogens with zero attached hydrogens (tertiary/aromatic N) is 3. The van der Waals surface area contributed by atoms with Gasteiger partial charge in [-0.25, -0.2) is 4.68 Å². The lowest BCUT2D eigenvalue weighted by Gasteiger charge is -2.18. The van der Waals surface area contributed by atoms with Crippen molar-refractivity contribution in [2.45, 2.75) is 25.4 Å². The normalized spacial score (nSPS) is 16.1. The summed E-state index contributed by atoms with van der Waals surface area (Å²) in [6, 6.07) is 11.2. The highest BCUT2D eigenvalue weighted by Crippen LogP contribution is 2.17. The molecular formula is C16H20N4O. The van der Waals surface area contributed by atoms with Crippen molar-refractivity contribution < 1.29 is 0 Å². The SMILES string of the molecule is NC(Cn1ncc(N2CCCC2)cc1=O)c1ccccc1. The van der Waals surface area contributed by atoms with E-state index in [9.17, 15) is 4.79 Å². The largest absolute Gasteiger partial charge is 0.370 e. The van der Waals surface area contributed by atoms with E-state index in [2.05, 4.69) is 10.00 Å². The molecule has 0 amide bonds. The van der Waals surface area contributed by atoms with E-state index in [1.54, 1.807) is 12.3 Å². The summed E-state index contributed by atoms with van der Waals surface area (Å²) >= 11 is 0. The highest BCUT2D eigenvalue weighted by molar-refractivity contribution is 5.43. The zero-order valence-corrected chi connectivity index (χ0v) is 12.0. The monoisotopic (exact) mass is 284 g/mol. The van der Waals surface area contributed by atoms with Crippen LogP contribution in [0.4, 0.5) is 5.69 Å². The molecule has 21 heavy (non-hydrogen) atoms. The van der Waals surface area contributed by atoms with Crippen molar-refractivity contribution in [1.29, 1.82) is 0 Å². The molecule has 0 bridgehead atoms. The number of nitrogens with two attached hydrogens (primary N) is 1. The molecule has 0 radical (unpaired) electrons. The van der Waals surface area contributed by atoms with E-state index in [4.69, 9.17) is 5.73 Å². The lowest BCUT2D eigenvalue weighted by Crippen LogP contribution is -2.30. The van der Waals surface area contributed by atoms with Crippen molar-refractivity contribution in [2.75, 3.05) is 18.0 Å². The minimum Gasteiger partial charge on any atom is -0.370 e.